The molecule has 2 aliphatic rings. The van der Waals surface area contributed by atoms with Crippen molar-refractivity contribution in [1.29, 1.82) is 0 Å². The van der Waals surface area contributed by atoms with Crippen molar-refractivity contribution in [2.75, 3.05) is 32.4 Å². The molecule has 1 aromatic rings. The van der Waals surface area contributed by atoms with Gasteiger partial charge in [0, 0.05) is 26.2 Å². The highest BCUT2D eigenvalue weighted by molar-refractivity contribution is 7.88. The zero-order valence-corrected chi connectivity index (χ0v) is 21.8. The Hall–Kier alpha value is -2.50. The second kappa shape index (κ2) is 13.2. The van der Waals surface area contributed by atoms with Crippen LogP contribution in [0.3, 0.4) is 0 Å². The standard InChI is InChI=1S/C25H39N5O5S/c1-36(34,35)27-14-6-5-12-21(25(33)29-15-7-8-16-29)28-23(31)22-13-9-17-30(22)24(32)20(26)18-19-10-3-2-4-11-19/h2-4,10-11,20-22,27H,5-9,12-18,26H2,1H3,(H,28,31)/t20-,21-,22-/m0/s1. The molecular formula is C25H39N5O5S. The van der Waals surface area contributed by atoms with Crippen LogP contribution in [0, 0.1) is 0 Å². The van der Waals surface area contributed by atoms with Gasteiger partial charge < -0.3 is 20.9 Å². The molecule has 11 heteroatoms. The van der Waals surface area contributed by atoms with E-state index in [1.165, 1.54) is 0 Å². The fraction of sp³-hybridized carbons (Fsp3) is 0.640. The lowest BCUT2D eigenvalue weighted by atomic mass is 10.0. The van der Waals surface area contributed by atoms with Crippen LogP contribution in [0.5, 0.6) is 0 Å². The minimum Gasteiger partial charge on any atom is -0.343 e. The molecule has 0 spiro atoms. The summed E-state index contributed by atoms with van der Waals surface area (Å²) in [6.45, 7) is 2.08. The van der Waals surface area contributed by atoms with Crippen molar-refractivity contribution in [2.24, 2.45) is 5.73 Å². The van der Waals surface area contributed by atoms with E-state index in [-0.39, 0.29) is 24.3 Å². The van der Waals surface area contributed by atoms with Gasteiger partial charge in [0.25, 0.3) is 0 Å². The Morgan fingerprint density at radius 1 is 1.03 bits per heavy atom. The van der Waals surface area contributed by atoms with Crippen molar-refractivity contribution in [1.82, 2.24) is 19.8 Å². The van der Waals surface area contributed by atoms with Gasteiger partial charge in [-0.15, -0.1) is 0 Å². The molecule has 0 radical (unpaired) electrons. The van der Waals surface area contributed by atoms with Crippen LogP contribution in [0.1, 0.15) is 50.5 Å². The summed E-state index contributed by atoms with van der Waals surface area (Å²) in [6.07, 6.45) is 6.12. The smallest absolute Gasteiger partial charge is 0.245 e. The van der Waals surface area contributed by atoms with Crippen molar-refractivity contribution in [3.05, 3.63) is 35.9 Å². The van der Waals surface area contributed by atoms with E-state index in [0.717, 1.165) is 24.7 Å². The largest absolute Gasteiger partial charge is 0.343 e. The Morgan fingerprint density at radius 2 is 1.72 bits per heavy atom. The van der Waals surface area contributed by atoms with E-state index >= 15 is 0 Å². The molecule has 0 aliphatic carbocycles. The highest BCUT2D eigenvalue weighted by Crippen LogP contribution is 2.20. The quantitative estimate of drug-likeness (QED) is 0.340. The highest BCUT2D eigenvalue weighted by Gasteiger charge is 2.38. The summed E-state index contributed by atoms with van der Waals surface area (Å²) >= 11 is 0. The molecule has 0 bridgehead atoms. The maximum Gasteiger partial charge on any atom is 0.245 e. The van der Waals surface area contributed by atoms with Gasteiger partial charge in [0.2, 0.25) is 27.7 Å². The van der Waals surface area contributed by atoms with Crippen LogP contribution in [0.4, 0.5) is 0 Å². The van der Waals surface area contributed by atoms with Crippen molar-refractivity contribution in [3.8, 4) is 0 Å². The molecule has 3 amide bonds. The lowest BCUT2D eigenvalue weighted by Gasteiger charge is -2.29. The molecule has 1 aromatic carbocycles. The summed E-state index contributed by atoms with van der Waals surface area (Å²) in [6, 6.07) is 7.43. The van der Waals surface area contributed by atoms with E-state index < -0.39 is 28.1 Å². The van der Waals surface area contributed by atoms with E-state index in [0.29, 0.717) is 58.2 Å². The third-order valence-corrected chi connectivity index (χ3v) is 7.50. The molecule has 2 heterocycles. The summed E-state index contributed by atoms with van der Waals surface area (Å²) in [7, 11) is -3.27. The molecule has 2 fully saturated rings. The SMILES string of the molecule is CS(=O)(=O)NCCCC[C@H](NC(=O)[C@@H]1CCCN1C(=O)[C@@H](N)Cc1ccccc1)C(=O)N1CCCC1. The van der Waals surface area contributed by atoms with Crippen LogP contribution in [-0.4, -0.2) is 86.5 Å². The maximum absolute atomic E-state index is 13.3. The maximum atomic E-state index is 13.3. The van der Waals surface area contributed by atoms with Crippen LogP contribution < -0.4 is 15.8 Å². The number of likely N-dealkylation sites (tertiary alicyclic amines) is 2. The van der Waals surface area contributed by atoms with Crippen LogP contribution in [-0.2, 0) is 30.8 Å². The number of unbranched alkanes of at least 4 members (excludes halogenated alkanes) is 1. The number of rotatable bonds is 12. The van der Waals surface area contributed by atoms with Gasteiger partial charge in [-0.3, -0.25) is 14.4 Å². The zero-order chi connectivity index (χ0) is 26.1. The molecule has 3 rings (SSSR count). The molecule has 200 valence electrons. The van der Waals surface area contributed by atoms with Gasteiger partial charge in [0.05, 0.1) is 12.3 Å². The Bertz CT molecular complexity index is 997. The molecule has 10 nitrogen and oxygen atoms in total. The average Bonchev–Trinajstić information content (AvgIpc) is 3.54. The van der Waals surface area contributed by atoms with Crippen LogP contribution in [0.15, 0.2) is 30.3 Å². The number of hydrogen-bond acceptors (Lipinski definition) is 6. The van der Waals surface area contributed by atoms with Gasteiger partial charge in [-0.1, -0.05) is 30.3 Å². The normalized spacial score (nSPS) is 19.8. The Morgan fingerprint density at radius 3 is 2.39 bits per heavy atom. The molecule has 4 N–H and O–H groups in total. The second-order valence-corrected chi connectivity index (χ2v) is 11.6. The number of amides is 3. The van der Waals surface area contributed by atoms with Gasteiger partial charge in [-0.05, 0) is 56.9 Å². The first kappa shape index (κ1) is 28.1. The van der Waals surface area contributed by atoms with Crippen molar-refractivity contribution in [2.45, 2.75) is 69.5 Å². The Kier molecular flexibility index (Phi) is 10.3. The molecule has 0 aromatic heterocycles. The van der Waals surface area contributed by atoms with Gasteiger partial charge >= 0.3 is 0 Å². The predicted molar refractivity (Wildman–Crippen MR) is 137 cm³/mol. The Balaban J connectivity index is 1.60. The summed E-state index contributed by atoms with van der Waals surface area (Å²) in [4.78, 5) is 42.9. The number of carbonyl (C=O) groups excluding carboxylic acids is 3. The minimum atomic E-state index is -3.27. The number of carbonyl (C=O) groups is 3. The molecule has 3 atom stereocenters. The first-order valence-corrected chi connectivity index (χ1v) is 14.7. The monoisotopic (exact) mass is 521 g/mol. The minimum absolute atomic E-state index is 0.117. The van der Waals surface area contributed by atoms with Crippen LogP contribution in [0.25, 0.3) is 0 Å². The molecule has 2 saturated heterocycles. The van der Waals surface area contributed by atoms with E-state index in [2.05, 4.69) is 10.0 Å². The number of hydrogen-bond donors (Lipinski definition) is 3. The summed E-state index contributed by atoms with van der Waals surface area (Å²) < 4.78 is 25.0. The average molecular weight is 522 g/mol. The van der Waals surface area contributed by atoms with Crippen LogP contribution >= 0.6 is 0 Å². The highest BCUT2D eigenvalue weighted by atomic mass is 32.2. The molecular weight excluding hydrogens is 482 g/mol. The van der Waals surface area contributed by atoms with E-state index in [4.69, 9.17) is 5.73 Å². The van der Waals surface area contributed by atoms with Crippen molar-refractivity contribution < 1.29 is 22.8 Å². The van der Waals surface area contributed by atoms with Crippen molar-refractivity contribution >= 4 is 27.7 Å². The van der Waals surface area contributed by atoms with Gasteiger partial charge in [-0.2, -0.15) is 0 Å². The summed E-state index contributed by atoms with van der Waals surface area (Å²) in [5.41, 5.74) is 7.17. The fourth-order valence-electron chi connectivity index (χ4n) is 4.89. The number of nitrogens with one attached hydrogen (secondary N) is 2. The summed E-state index contributed by atoms with van der Waals surface area (Å²) in [5.74, 6) is -0.709. The van der Waals surface area contributed by atoms with Gasteiger partial charge in [0.15, 0.2) is 0 Å². The lowest BCUT2D eigenvalue weighted by molar-refractivity contribution is -0.141. The zero-order valence-electron chi connectivity index (χ0n) is 21.0. The van der Waals surface area contributed by atoms with Crippen LogP contribution in [0.2, 0.25) is 0 Å². The van der Waals surface area contributed by atoms with Crippen molar-refractivity contribution in [3.63, 3.8) is 0 Å². The predicted octanol–water partition coefficient (Wildman–Crippen LogP) is 0.374. The lowest BCUT2D eigenvalue weighted by Crippen LogP contribution is -2.55. The number of nitrogens with zero attached hydrogens (tertiary/aromatic N) is 2. The van der Waals surface area contributed by atoms with Gasteiger partial charge in [0.1, 0.15) is 12.1 Å². The fourth-order valence-corrected chi connectivity index (χ4v) is 5.40. The van der Waals surface area contributed by atoms with E-state index in [1.807, 2.05) is 30.3 Å². The first-order chi connectivity index (χ1) is 17.2. The molecule has 2 aliphatic heterocycles. The number of nitrogens with two attached hydrogens (primary N) is 1. The van der Waals surface area contributed by atoms with Gasteiger partial charge in [-0.25, -0.2) is 13.1 Å². The molecule has 0 unspecified atom stereocenters. The molecule has 36 heavy (non-hydrogen) atoms. The van der Waals surface area contributed by atoms with E-state index in [9.17, 15) is 22.8 Å². The number of benzene rings is 1. The second-order valence-electron chi connectivity index (χ2n) is 9.74. The Labute approximate surface area is 214 Å². The third-order valence-electron chi connectivity index (χ3n) is 6.77. The number of sulfonamides is 1. The third kappa shape index (κ3) is 8.28. The van der Waals surface area contributed by atoms with E-state index in [1.54, 1.807) is 9.80 Å². The topological polar surface area (TPSA) is 142 Å². The first-order valence-electron chi connectivity index (χ1n) is 12.8. The summed E-state index contributed by atoms with van der Waals surface area (Å²) in [5, 5.41) is 2.91. The molecule has 0 saturated carbocycles.